The molecule has 1 atom stereocenters. The number of nitriles is 1. The van der Waals surface area contributed by atoms with Gasteiger partial charge in [0.05, 0.1) is 53.7 Å². The topological polar surface area (TPSA) is 123 Å². The summed E-state index contributed by atoms with van der Waals surface area (Å²) in [5, 5.41) is 14.4. The van der Waals surface area contributed by atoms with Gasteiger partial charge in [-0.2, -0.15) is 10.4 Å². The van der Waals surface area contributed by atoms with Crippen LogP contribution in [0, 0.1) is 11.3 Å². The standard InChI is InChI=1S/C26H22BrN5O4/c1-31-22(19(27)14-30-31)16-10-7-11-17(12-16)32-23(26(34)36-3)21(25(33)35-2)20(18(13-28)24(32)29)15-8-5-4-6-9-15/h4-12,14,20H,29H2,1-3H3. The summed E-state index contributed by atoms with van der Waals surface area (Å²) in [5.74, 6) is -2.51. The predicted molar refractivity (Wildman–Crippen MR) is 136 cm³/mol. The molecule has 0 radical (unpaired) electrons. The first-order chi connectivity index (χ1) is 17.3. The van der Waals surface area contributed by atoms with E-state index in [9.17, 15) is 14.9 Å². The smallest absolute Gasteiger partial charge is 0.355 e. The monoisotopic (exact) mass is 547 g/mol. The van der Waals surface area contributed by atoms with Crippen molar-refractivity contribution in [2.24, 2.45) is 12.8 Å². The third-order valence-electron chi connectivity index (χ3n) is 5.88. The van der Waals surface area contributed by atoms with Crippen LogP contribution in [0.2, 0.25) is 0 Å². The molecule has 36 heavy (non-hydrogen) atoms. The SMILES string of the molecule is COC(=O)C1=C(C(=O)OC)N(c2cccc(-c3c(Br)cnn3C)c2)C(N)=C(C#N)C1c1ccccc1. The Labute approximate surface area is 216 Å². The maximum Gasteiger partial charge on any atom is 0.355 e. The van der Waals surface area contributed by atoms with Crippen molar-refractivity contribution in [1.29, 1.82) is 5.26 Å². The van der Waals surface area contributed by atoms with Crippen molar-refractivity contribution in [3.8, 4) is 17.3 Å². The maximum absolute atomic E-state index is 13.2. The fraction of sp³-hybridized carbons (Fsp3) is 0.154. The molecule has 0 fully saturated rings. The van der Waals surface area contributed by atoms with Crippen molar-refractivity contribution in [3.63, 3.8) is 0 Å². The van der Waals surface area contributed by atoms with Gasteiger partial charge < -0.3 is 15.2 Å². The van der Waals surface area contributed by atoms with Crippen LogP contribution in [0.4, 0.5) is 5.69 Å². The van der Waals surface area contributed by atoms with Gasteiger partial charge in [-0.1, -0.05) is 42.5 Å². The van der Waals surface area contributed by atoms with E-state index in [0.29, 0.717) is 11.3 Å². The van der Waals surface area contributed by atoms with Crippen molar-refractivity contribution >= 4 is 33.6 Å². The minimum absolute atomic E-state index is 0.000581. The molecule has 10 heteroatoms. The Kier molecular flexibility index (Phi) is 6.94. The summed E-state index contributed by atoms with van der Waals surface area (Å²) < 4.78 is 12.6. The Morgan fingerprint density at radius 3 is 2.36 bits per heavy atom. The average molecular weight is 548 g/mol. The number of aromatic nitrogens is 2. The molecule has 0 bridgehead atoms. The Bertz CT molecular complexity index is 1430. The van der Waals surface area contributed by atoms with Crippen LogP contribution in [0.1, 0.15) is 11.5 Å². The van der Waals surface area contributed by atoms with Gasteiger partial charge in [-0.3, -0.25) is 9.58 Å². The number of hydrogen-bond acceptors (Lipinski definition) is 8. The minimum atomic E-state index is -0.927. The third kappa shape index (κ3) is 4.14. The van der Waals surface area contributed by atoms with E-state index in [-0.39, 0.29) is 22.7 Å². The number of anilines is 1. The Balaban J connectivity index is 2.03. The van der Waals surface area contributed by atoms with Gasteiger partial charge in [0.2, 0.25) is 0 Å². The van der Waals surface area contributed by atoms with Crippen molar-refractivity contribution in [1.82, 2.24) is 9.78 Å². The molecular weight excluding hydrogens is 526 g/mol. The lowest BCUT2D eigenvalue weighted by atomic mass is 9.81. The summed E-state index contributed by atoms with van der Waals surface area (Å²) in [6.45, 7) is 0. The molecule has 0 amide bonds. The van der Waals surface area contributed by atoms with E-state index in [1.54, 1.807) is 60.4 Å². The Morgan fingerprint density at radius 2 is 1.78 bits per heavy atom. The van der Waals surface area contributed by atoms with Gasteiger partial charge in [0, 0.05) is 18.3 Å². The number of carbonyl (C=O) groups is 2. The van der Waals surface area contributed by atoms with Crippen molar-refractivity contribution in [3.05, 3.63) is 93.5 Å². The molecule has 1 unspecified atom stereocenters. The van der Waals surface area contributed by atoms with E-state index in [1.165, 1.54) is 19.1 Å². The van der Waals surface area contributed by atoms with Crippen LogP contribution in [0.5, 0.6) is 0 Å². The number of nitrogens with two attached hydrogens (primary N) is 1. The predicted octanol–water partition coefficient (Wildman–Crippen LogP) is 3.75. The number of esters is 2. The lowest BCUT2D eigenvalue weighted by Gasteiger charge is -2.36. The number of hydrogen-bond donors (Lipinski definition) is 1. The summed E-state index contributed by atoms with van der Waals surface area (Å²) in [6, 6.07) is 18.2. The summed E-state index contributed by atoms with van der Waals surface area (Å²) in [5.41, 5.74) is 9.09. The average Bonchev–Trinajstić information content (AvgIpc) is 3.24. The van der Waals surface area contributed by atoms with Gasteiger partial charge >= 0.3 is 11.9 Å². The Morgan fingerprint density at radius 1 is 1.08 bits per heavy atom. The van der Waals surface area contributed by atoms with E-state index in [0.717, 1.165) is 15.7 Å². The lowest BCUT2D eigenvalue weighted by molar-refractivity contribution is -0.139. The summed E-state index contributed by atoms with van der Waals surface area (Å²) in [6.07, 6.45) is 1.67. The van der Waals surface area contributed by atoms with Crippen molar-refractivity contribution in [2.75, 3.05) is 19.1 Å². The van der Waals surface area contributed by atoms with Crippen LogP contribution < -0.4 is 10.6 Å². The lowest BCUT2D eigenvalue weighted by Crippen LogP contribution is -2.40. The van der Waals surface area contributed by atoms with Crippen LogP contribution in [-0.4, -0.2) is 35.9 Å². The van der Waals surface area contributed by atoms with Crippen molar-refractivity contribution in [2.45, 2.75) is 5.92 Å². The molecule has 4 rings (SSSR count). The molecule has 0 saturated carbocycles. The largest absolute Gasteiger partial charge is 0.466 e. The molecule has 9 nitrogen and oxygen atoms in total. The van der Waals surface area contributed by atoms with E-state index in [4.69, 9.17) is 15.2 Å². The highest BCUT2D eigenvalue weighted by Gasteiger charge is 2.43. The zero-order valence-electron chi connectivity index (χ0n) is 19.7. The van der Waals surface area contributed by atoms with E-state index in [1.807, 2.05) is 12.1 Å². The van der Waals surface area contributed by atoms with Gasteiger partial charge in [0.15, 0.2) is 0 Å². The minimum Gasteiger partial charge on any atom is -0.466 e. The second-order valence-electron chi connectivity index (χ2n) is 7.85. The first kappa shape index (κ1) is 24.8. The molecule has 2 N–H and O–H groups in total. The molecule has 1 aliphatic rings. The second kappa shape index (κ2) is 10.1. The summed E-state index contributed by atoms with van der Waals surface area (Å²) in [4.78, 5) is 27.7. The number of nitrogens with zero attached hydrogens (tertiary/aromatic N) is 4. The normalized spacial score (nSPS) is 15.5. The number of ether oxygens (including phenoxy) is 2. The molecule has 0 spiro atoms. The molecular formula is C26H22BrN5O4. The molecule has 0 aliphatic carbocycles. The highest BCUT2D eigenvalue weighted by Crippen LogP contribution is 2.43. The van der Waals surface area contributed by atoms with Crippen LogP contribution in [0.3, 0.4) is 0 Å². The maximum atomic E-state index is 13.2. The number of methoxy groups -OCH3 is 2. The van der Waals surface area contributed by atoms with E-state index >= 15 is 0 Å². The fourth-order valence-electron chi connectivity index (χ4n) is 4.31. The van der Waals surface area contributed by atoms with Crippen LogP contribution in [0.25, 0.3) is 11.3 Å². The highest BCUT2D eigenvalue weighted by molar-refractivity contribution is 9.10. The van der Waals surface area contributed by atoms with Gasteiger partial charge in [-0.05, 0) is 33.6 Å². The van der Waals surface area contributed by atoms with Gasteiger partial charge in [-0.25, -0.2) is 9.59 Å². The van der Waals surface area contributed by atoms with Gasteiger partial charge in [0.1, 0.15) is 11.5 Å². The first-order valence-corrected chi connectivity index (χ1v) is 11.6. The molecule has 2 heterocycles. The molecule has 1 aliphatic heterocycles. The first-order valence-electron chi connectivity index (χ1n) is 10.8. The molecule has 3 aromatic rings. The number of aryl methyl sites for hydroxylation is 1. The van der Waals surface area contributed by atoms with Crippen LogP contribution in [0.15, 0.2) is 87.9 Å². The quantitative estimate of drug-likeness (QED) is 0.479. The van der Waals surface area contributed by atoms with E-state index < -0.39 is 17.9 Å². The van der Waals surface area contributed by atoms with E-state index in [2.05, 4.69) is 27.1 Å². The third-order valence-corrected chi connectivity index (χ3v) is 6.46. The van der Waals surface area contributed by atoms with Crippen LogP contribution in [-0.2, 0) is 26.1 Å². The number of rotatable bonds is 5. The zero-order chi connectivity index (χ0) is 26.0. The molecule has 182 valence electrons. The number of carbonyl (C=O) groups excluding carboxylic acids is 2. The van der Waals surface area contributed by atoms with Crippen molar-refractivity contribution < 1.29 is 19.1 Å². The van der Waals surface area contributed by atoms with Gasteiger partial charge in [-0.15, -0.1) is 0 Å². The Hall–Kier alpha value is -4.36. The zero-order valence-corrected chi connectivity index (χ0v) is 21.3. The second-order valence-corrected chi connectivity index (χ2v) is 8.70. The summed E-state index contributed by atoms with van der Waals surface area (Å²) >= 11 is 3.51. The van der Waals surface area contributed by atoms with Crippen LogP contribution >= 0.6 is 15.9 Å². The highest BCUT2D eigenvalue weighted by atomic mass is 79.9. The molecule has 1 aromatic heterocycles. The molecule has 0 saturated heterocycles. The fourth-order valence-corrected chi connectivity index (χ4v) is 4.89. The summed E-state index contributed by atoms with van der Waals surface area (Å²) in [7, 11) is 4.23. The van der Waals surface area contributed by atoms with Gasteiger partial charge in [0.25, 0.3) is 0 Å². The number of benzene rings is 2. The molecule has 2 aromatic carbocycles. The number of allylic oxidation sites excluding steroid dienone is 1. The number of halogens is 1.